The lowest BCUT2D eigenvalue weighted by atomic mass is 10.1. The van der Waals surface area contributed by atoms with Gasteiger partial charge in [-0.1, -0.05) is 0 Å². The molecule has 1 N–H and O–H groups in total. The van der Waals surface area contributed by atoms with Crippen molar-refractivity contribution in [1.82, 2.24) is 10.3 Å². The molecule has 0 radical (unpaired) electrons. The lowest BCUT2D eigenvalue weighted by Crippen LogP contribution is -2.50. The largest absolute Gasteiger partial charge is 0.466 e. The van der Waals surface area contributed by atoms with Crippen LogP contribution in [0.1, 0.15) is 34.0 Å². The Hall–Kier alpha value is -1.70. The van der Waals surface area contributed by atoms with E-state index in [1.165, 1.54) is 11.3 Å². The van der Waals surface area contributed by atoms with Gasteiger partial charge in [-0.15, -0.1) is 11.3 Å². The summed E-state index contributed by atoms with van der Waals surface area (Å²) in [6.07, 6.45) is 0.547. The zero-order valence-electron chi connectivity index (χ0n) is 13.2. The van der Waals surface area contributed by atoms with Gasteiger partial charge in [-0.05, 0) is 26.3 Å². The Morgan fingerprint density at radius 1 is 1.52 bits per heavy atom. The molecule has 1 aliphatic heterocycles. The molecule has 1 saturated heterocycles. The molecule has 0 aromatic carbocycles. The fourth-order valence-corrected chi connectivity index (χ4v) is 3.19. The second kappa shape index (κ2) is 7.25. The van der Waals surface area contributed by atoms with Crippen molar-refractivity contribution in [2.45, 2.75) is 39.0 Å². The number of amides is 1. The third kappa shape index (κ3) is 3.99. The Labute approximate surface area is 138 Å². The minimum absolute atomic E-state index is 0.0792. The molecule has 3 heterocycles. The van der Waals surface area contributed by atoms with Crippen molar-refractivity contribution in [3.8, 4) is 0 Å². The molecule has 0 bridgehead atoms. The highest BCUT2D eigenvalue weighted by Gasteiger charge is 2.29. The van der Waals surface area contributed by atoms with E-state index in [2.05, 4.69) is 10.3 Å². The molecule has 23 heavy (non-hydrogen) atoms. The first kappa shape index (κ1) is 16.2. The summed E-state index contributed by atoms with van der Waals surface area (Å²) in [4.78, 5) is 16.6. The van der Waals surface area contributed by atoms with Crippen LogP contribution in [0, 0.1) is 13.8 Å². The van der Waals surface area contributed by atoms with Crippen LogP contribution in [0.5, 0.6) is 0 Å². The summed E-state index contributed by atoms with van der Waals surface area (Å²) in [5.74, 6) is 1.23. The Morgan fingerprint density at radius 3 is 3.09 bits per heavy atom. The van der Waals surface area contributed by atoms with Gasteiger partial charge in [0.1, 0.15) is 17.6 Å². The van der Waals surface area contributed by atoms with E-state index >= 15 is 0 Å². The molecule has 0 saturated carbocycles. The number of hydrogen-bond donors (Lipinski definition) is 1. The van der Waals surface area contributed by atoms with Crippen LogP contribution < -0.4 is 5.32 Å². The van der Waals surface area contributed by atoms with Gasteiger partial charge in [-0.3, -0.25) is 4.79 Å². The van der Waals surface area contributed by atoms with Gasteiger partial charge in [0, 0.05) is 12.0 Å². The number of hydrogen-bond acceptors (Lipinski definition) is 6. The first-order valence-corrected chi connectivity index (χ1v) is 8.52. The SMILES string of the molecule is Cc1cc(C(=O)N[C@@H]2CCOC[C@H]2OCc2cscn2)c(C)o1. The Balaban J connectivity index is 1.61. The first-order chi connectivity index (χ1) is 11.1. The lowest BCUT2D eigenvalue weighted by molar-refractivity contribution is -0.0742. The van der Waals surface area contributed by atoms with E-state index in [0.717, 1.165) is 17.9 Å². The van der Waals surface area contributed by atoms with Crippen LogP contribution in [0.3, 0.4) is 0 Å². The van der Waals surface area contributed by atoms with E-state index in [9.17, 15) is 4.79 Å². The van der Waals surface area contributed by atoms with Gasteiger partial charge in [0.2, 0.25) is 0 Å². The molecule has 1 aliphatic rings. The van der Waals surface area contributed by atoms with Crippen LogP contribution in [-0.2, 0) is 16.1 Å². The molecule has 0 unspecified atom stereocenters. The molecule has 1 amide bonds. The molecule has 124 valence electrons. The highest BCUT2D eigenvalue weighted by Crippen LogP contribution is 2.17. The van der Waals surface area contributed by atoms with Crippen molar-refractivity contribution in [3.63, 3.8) is 0 Å². The van der Waals surface area contributed by atoms with E-state index in [1.807, 2.05) is 12.3 Å². The second-order valence-corrected chi connectivity index (χ2v) is 6.32. The molecule has 1 fully saturated rings. The lowest BCUT2D eigenvalue weighted by Gasteiger charge is -2.31. The summed E-state index contributed by atoms with van der Waals surface area (Å²) in [5.41, 5.74) is 3.25. The predicted molar refractivity (Wildman–Crippen MR) is 85.6 cm³/mol. The number of aryl methyl sites for hydroxylation is 2. The van der Waals surface area contributed by atoms with Gasteiger partial charge in [0.05, 0.1) is 36.0 Å². The zero-order valence-corrected chi connectivity index (χ0v) is 14.0. The van der Waals surface area contributed by atoms with Crippen LogP contribution in [0.4, 0.5) is 0 Å². The zero-order chi connectivity index (χ0) is 16.2. The maximum atomic E-state index is 12.4. The first-order valence-electron chi connectivity index (χ1n) is 7.58. The highest BCUT2D eigenvalue weighted by atomic mass is 32.1. The highest BCUT2D eigenvalue weighted by molar-refractivity contribution is 7.07. The number of carbonyl (C=O) groups excluding carboxylic acids is 1. The van der Waals surface area contributed by atoms with Gasteiger partial charge in [0.15, 0.2) is 0 Å². The van der Waals surface area contributed by atoms with Gasteiger partial charge in [-0.25, -0.2) is 4.98 Å². The van der Waals surface area contributed by atoms with Gasteiger partial charge >= 0.3 is 0 Å². The summed E-state index contributed by atoms with van der Waals surface area (Å²) in [7, 11) is 0. The molecule has 2 aromatic heterocycles. The molecule has 3 rings (SSSR count). The summed E-state index contributed by atoms with van der Waals surface area (Å²) < 4.78 is 16.8. The van der Waals surface area contributed by atoms with Crippen molar-refractivity contribution in [2.24, 2.45) is 0 Å². The maximum Gasteiger partial charge on any atom is 0.255 e. The molecule has 0 spiro atoms. The van der Waals surface area contributed by atoms with E-state index in [0.29, 0.717) is 31.1 Å². The number of nitrogens with zero attached hydrogens (tertiary/aromatic N) is 1. The van der Waals surface area contributed by atoms with Crippen molar-refractivity contribution in [1.29, 1.82) is 0 Å². The number of carbonyl (C=O) groups is 1. The molecule has 6 nitrogen and oxygen atoms in total. The van der Waals surface area contributed by atoms with Crippen LogP contribution in [-0.4, -0.2) is 36.3 Å². The second-order valence-electron chi connectivity index (χ2n) is 5.60. The molecule has 0 aliphatic carbocycles. The van der Waals surface area contributed by atoms with Gasteiger partial charge < -0.3 is 19.2 Å². The third-order valence-corrected chi connectivity index (χ3v) is 4.47. The quantitative estimate of drug-likeness (QED) is 0.908. The van der Waals surface area contributed by atoms with Gasteiger partial charge in [-0.2, -0.15) is 0 Å². The normalized spacial score (nSPS) is 21.3. The number of ether oxygens (including phenoxy) is 2. The standard InChI is InChI=1S/C16H20N2O4S/c1-10-5-13(11(2)22-10)16(19)18-14-3-4-20-7-15(14)21-6-12-8-23-9-17-12/h5,8-9,14-15H,3-4,6-7H2,1-2H3,(H,18,19)/t14-,15-/m1/s1. The Bertz CT molecular complexity index is 653. The van der Waals surface area contributed by atoms with E-state index < -0.39 is 0 Å². The summed E-state index contributed by atoms with van der Waals surface area (Å²) in [5, 5.41) is 5.00. The summed E-state index contributed by atoms with van der Waals surface area (Å²) in [6, 6.07) is 1.68. The Morgan fingerprint density at radius 2 is 2.39 bits per heavy atom. The van der Waals surface area contributed by atoms with Crippen molar-refractivity contribution in [2.75, 3.05) is 13.2 Å². The molecular weight excluding hydrogens is 316 g/mol. The molecule has 2 aromatic rings. The molecule has 7 heteroatoms. The predicted octanol–water partition coefficient (Wildman–Crippen LogP) is 2.46. The molecule has 2 atom stereocenters. The average molecular weight is 336 g/mol. The minimum atomic E-state index is -0.178. The fourth-order valence-electron chi connectivity index (χ4n) is 2.64. The number of furan rings is 1. The minimum Gasteiger partial charge on any atom is -0.466 e. The fraction of sp³-hybridized carbons (Fsp3) is 0.500. The van der Waals surface area contributed by atoms with E-state index in [1.54, 1.807) is 18.5 Å². The number of aromatic nitrogens is 1. The molecular formula is C16H20N2O4S. The van der Waals surface area contributed by atoms with Crippen LogP contribution >= 0.6 is 11.3 Å². The van der Waals surface area contributed by atoms with Crippen molar-refractivity contribution in [3.05, 3.63) is 39.7 Å². The van der Waals surface area contributed by atoms with Crippen molar-refractivity contribution >= 4 is 17.2 Å². The van der Waals surface area contributed by atoms with Crippen molar-refractivity contribution < 1.29 is 18.7 Å². The third-order valence-electron chi connectivity index (χ3n) is 3.83. The summed E-state index contributed by atoms with van der Waals surface area (Å²) in [6.45, 7) is 5.14. The van der Waals surface area contributed by atoms with Gasteiger partial charge in [0.25, 0.3) is 5.91 Å². The smallest absolute Gasteiger partial charge is 0.255 e. The average Bonchev–Trinajstić information content (AvgIpc) is 3.15. The van der Waals surface area contributed by atoms with E-state index in [4.69, 9.17) is 13.9 Å². The van der Waals surface area contributed by atoms with Crippen LogP contribution in [0.15, 0.2) is 21.4 Å². The van der Waals surface area contributed by atoms with E-state index in [-0.39, 0.29) is 18.1 Å². The number of thiazole rings is 1. The summed E-state index contributed by atoms with van der Waals surface area (Å²) >= 11 is 1.54. The number of rotatable bonds is 5. The topological polar surface area (TPSA) is 73.6 Å². The van der Waals surface area contributed by atoms with Crippen LogP contribution in [0.25, 0.3) is 0 Å². The Kier molecular flexibility index (Phi) is 5.09. The number of nitrogens with one attached hydrogen (secondary N) is 1. The van der Waals surface area contributed by atoms with Crippen LogP contribution in [0.2, 0.25) is 0 Å². The monoisotopic (exact) mass is 336 g/mol. The maximum absolute atomic E-state index is 12.4.